The number of ether oxygens (including phenoxy) is 1. The van der Waals surface area contributed by atoms with Crippen LogP contribution in [0.5, 0.6) is 0 Å². The maximum absolute atomic E-state index is 9.63. The Morgan fingerprint density at radius 2 is 2.20 bits per heavy atom. The molecule has 84 valence electrons. The van der Waals surface area contributed by atoms with Gasteiger partial charge in [0.05, 0.1) is 6.61 Å². The standard InChI is InChI=1S/C6H10N4O4S/c11-1-2-3(12)4(13)5(14-2)10-6(15)7-8-9-10/h2-5,11-13H,1H2,(H,7,9,15)/t2-,3-,4-,5?/m1/s1. The zero-order valence-corrected chi connectivity index (χ0v) is 8.33. The lowest BCUT2D eigenvalue weighted by molar-refractivity contribution is -0.0601. The molecule has 9 heteroatoms. The number of nitrogens with zero attached hydrogens (tertiary/aromatic N) is 3. The summed E-state index contributed by atoms with van der Waals surface area (Å²) < 4.78 is 6.50. The molecule has 2 rings (SSSR count). The van der Waals surface area contributed by atoms with Crippen molar-refractivity contribution in [3.63, 3.8) is 0 Å². The predicted molar refractivity (Wildman–Crippen MR) is 48.2 cm³/mol. The molecule has 4 N–H and O–H groups in total. The molecule has 1 aromatic heterocycles. The van der Waals surface area contributed by atoms with Crippen molar-refractivity contribution in [2.24, 2.45) is 0 Å². The highest BCUT2D eigenvalue weighted by atomic mass is 32.1. The van der Waals surface area contributed by atoms with Gasteiger partial charge in [-0.2, -0.15) is 5.21 Å². The van der Waals surface area contributed by atoms with E-state index in [-0.39, 0.29) is 11.4 Å². The summed E-state index contributed by atoms with van der Waals surface area (Å²) in [6.45, 7) is -0.385. The highest BCUT2D eigenvalue weighted by Crippen LogP contribution is 2.28. The number of aliphatic hydroxyl groups excluding tert-OH is 3. The Kier molecular flexibility index (Phi) is 2.80. The van der Waals surface area contributed by atoms with E-state index in [4.69, 9.17) is 22.1 Å². The number of hydrogen-bond acceptors (Lipinski definition) is 7. The molecule has 15 heavy (non-hydrogen) atoms. The number of H-pyrrole nitrogens is 1. The summed E-state index contributed by atoms with van der Waals surface area (Å²) in [5, 5.41) is 37.3. The first-order valence-corrected chi connectivity index (χ1v) is 4.68. The van der Waals surface area contributed by atoms with Crippen molar-refractivity contribution >= 4 is 12.2 Å². The topological polar surface area (TPSA) is 116 Å². The fraction of sp³-hybridized carbons (Fsp3) is 0.833. The number of tetrazole rings is 1. The van der Waals surface area contributed by atoms with E-state index in [0.29, 0.717) is 0 Å². The van der Waals surface area contributed by atoms with Gasteiger partial charge in [-0.3, -0.25) is 0 Å². The van der Waals surface area contributed by atoms with Gasteiger partial charge >= 0.3 is 0 Å². The van der Waals surface area contributed by atoms with Crippen LogP contribution in [0.15, 0.2) is 0 Å². The number of hydrogen-bond donors (Lipinski definition) is 4. The first-order chi connectivity index (χ1) is 7.15. The van der Waals surface area contributed by atoms with Gasteiger partial charge in [-0.1, -0.05) is 10.3 Å². The first kappa shape index (κ1) is 10.6. The Morgan fingerprint density at radius 1 is 1.47 bits per heavy atom. The van der Waals surface area contributed by atoms with Gasteiger partial charge in [0.15, 0.2) is 6.23 Å². The second-order valence-corrected chi connectivity index (χ2v) is 3.55. The number of aromatic amines is 1. The Morgan fingerprint density at radius 3 is 2.67 bits per heavy atom. The normalized spacial score (nSPS) is 35.9. The third kappa shape index (κ3) is 1.68. The van der Waals surface area contributed by atoms with Gasteiger partial charge in [-0.25, -0.2) is 4.68 Å². The van der Waals surface area contributed by atoms with Gasteiger partial charge in [0, 0.05) is 0 Å². The zero-order chi connectivity index (χ0) is 11.0. The smallest absolute Gasteiger partial charge is 0.240 e. The molecule has 0 saturated carbocycles. The molecule has 0 aliphatic carbocycles. The third-order valence-corrected chi connectivity index (χ3v) is 2.54. The molecular weight excluding hydrogens is 224 g/mol. The minimum absolute atomic E-state index is 0.102. The summed E-state index contributed by atoms with van der Waals surface area (Å²) in [6, 6.07) is 0. The maximum atomic E-state index is 9.63. The average molecular weight is 234 g/mol. The molecule has 4 atom stereocenters. The number of nitrogens with one attached hydrogen (secondary N) is 1. The number of rotatable bonds is 2. The van der Waals surface area contributed by atoms with Crippen LogP contribution in [0.2, 0.25) is 0 Å². The van der Waals surface area contributed by atoms with E-state index in [1.807, 2.05) is 0 Å². The van der Waals surface area contributed by atoms with Gasteiger partial charge in [0.1, 0.15) is 18.3 Å². The Labute approximate surface area is 89.1 Å². The summed E-state index contributed by atoms with van der Waals surface area (Å²) in [7, 11) is 0. The molecule has 1 fully saturated rings. The zero-order valence-electron chi connectivity index (χ0n) is 7.52. The van der Waals surface area contributed by atoms with Gasteiger partial charge in [-0.05, 0) is 12.2 Å². The predicted octanol–water partition coefficient (Wildman–Crippen LogP) is -2.05. The van der Waals surface area contributed by atoms with E-state index in [2.05, 4.69) is 15.5 Å². The van der Waals surface area contributed by atoms with Crippen molar-refractivity contribution in [2.75, 3.05) is 6.61 Å². The van der Waals surface area contributed by atoms with Crippen LogP contribution in [0.25, 0.3) is 0 Å². The van der Waals surface area contributed by atoms with Crippen molar-refractivity contribution in [3.05, 3.63) is 4.77 Å². The summed E-state index contributed by atoms with van der Waals surface area (Å²) in [5.74, 6) is 0. The van der Waals surface area contributed by atoms with Crippen LogP contribution in [0, 0.1) is 4.77 Å². The molecule has 0 aromatic carbocycles. The molecule has 2 heterocycles. The van der Waals surface area contributed by atoms with Gasteiger partial charge < -0.3 is 20.1 Å². The van der Waals surface area contributed by atoms with Crippen LogP contribution < -0.4 is 0 Å². The lowest BCUT2D eigenvalue weighted by Gasteiger charge is -2.13. The van der Waals surface area contributed by atoms with Crippen LogP contribution in [-0.4, -0.2) is 60.4 Å². The van der Waals surface area contributed by atoms with E-state index in [1.165, 1.54) is 4.68 Å². The molecule has 1 aliphatic heterocycles. The van der Waals surface area contributed by atoms with Gasteiger partial charge in [0.25, 0.3) is 0 Å². The van der Waals surface area contributed by atoms with Crippen LogP contribution in [0.1, 0.15) is 6.23 Å². The third-order valence-electron chi connectivity index (χ3n) is 2.27. The summed E-state index contributed by atoms with van der Waals surface area (Å²) in [5.41, 5.74) is 0. The number of aliphatic hydroxyl groups is 3. The first-order valence-electron chi connectivity index (χ1n) is 4.27. The quantitative estimate of drug-likeness (QED) is 0.435. The molecule has 1 aliphatic rings. The van der Waals surface area contributed by atoms with Crippen LogP contribution in [0.3, 0.4) is 0 Å². The van der Waals surface area contributed by atoms with Gasteiger partial charge in [0.2, 0.25) is 4.77 Å². The molecule has 0 spiro atoms. The molecular formula is C6H10N4O4S. The van der Waals surface area contributed by atoms with Crippen molar-refractivity contribution in [1.29, 1.82) is 0 Å². The van der Waals surface area contributed by atoms with Crippen molar-refractivity contribution in [3.8, 4) is 0 Å². The summed E-state index contributed by atoms with van der Waals surface area (Å²) in [4.78, 5) is 0. The summed E-state index contributed by atoms with van der Waals surface area (Å²) >= 11 is 4.81. The van der Waals surface area contributed by atoms with Crippen molar-refractivity contribution in [2.45, 2.75) is 24.5 Å². The van der Waals surface area contributed by atoms with Crippen LogP contribution in [-0.2, 0) is 4.74 Å². The molecule has 0 bridgehead atoms. The van der Waals surface area contributed by atoms with Crippen molar-refractivity contribution in [1.82, 2.24) is 20.2 Å². The van der Waals surface area contributed by atoms with E-state index >= 15 is 0 Å². The molecule has 8 nitrogen and oxygen atoms in total. The van der Waals surface area contributed by atoms with Gasteiger partial charge in [-0.15, -0.1) is 0 Å². The molecule has 1 saturated heterocycles. The minimum Gasteiger partial charge on any atom is -0.394 e. The van der Waals surface area contributed by atoms with Crippen LogP contribution in [0.4, 0.5) is 0 Å². The molecule has 0 amide bonds. The van der Waals surface area contributed by atoms with E-state index in [0.717, 1.165) is 0 Å². The Balaban J connectivity index is 2.26. The highest BCUT2D eigenvalue weighted by molar-refractivity contribution is 7.71. The Bertz CT molecular complexity index is 392. The highest BCUT2D eigenvalue weighted by Gasteiger charge is 2.44. The molecule has 1 unspecified atom stereocenters. The largest absolute Gasteiger partial charge is 0.394 e. The van der Waals surface area contributed by atoms with Crippen LogP contribution >= 0.6 is 12.2 Å². The fourth-order valence-electron chi connectivity index (χ4n) is 1.46. The fourth-order valence-corrected chi connectivity index (χ4v) is 1.65. The Hall–Kier alpha value is -0.870. The second kappa shape index (κ2) is 3.94. The summed E-state index contributed by atoms with van der Waals surface area (Å²) in [6.07, 6.45) is -4.09. The SMILES string of the molecule is OC[C@H]1OC(n2[nH]nnc2=S)[C@H](O)[C@@H]1O. The monoisotopic (exact) mass is 234 g/mol. The maximum Gasteiger partial charge on any atom is 0.240 e. The molecule has 1 aromatic rings. The lowest BCUT2D eigenvalue weighted by Crippen LogP contribution is -2.33. The molecule has 0 radical (unpaired) electrons. The second-order valence-electron chi connectivity index (χ2n) is 3.18. The van der Waals surface area contributed by atoms with E-state index < -0.39 is 24.5 Å². The van der Waals surface area contributed by atoms with E-state index in [9.17, 15) is 10.2 Å². The minimum atomic E-state index is -1.18. The average Bonchev–Trinajstić information content (AvgIpc) is 2.74. The van der Waals surface area contributed by atoms with E-state index in [1.54, 1.807) is 0 Å². The lowest BCUT2D eigenvalue weighted by atomic mass is 10.1. The van der Waals surface area contributed by atoms with Crippen molar-refractivity contribution < 1.29 is 20.1 Å². The number of aromatic nitrogens is 4.